The van der Waals surface area contributed by atoms with Crippen molar-refractivity contribution in [3.05, 3.63) is 87.8 Å². The molecule has 0 saturated carbocycles. The molecule has 0 bridgehead atoms. The lowest BCUT2D eigenvalue weighted by Crippen LogP contribution is -2.23. The first-order chi connectivity index (χ1) is 14.9. The number of carbonyl (C=O) groups is 1. The number of anilines is 1. The summed E-state index contributed by atoms with van der Waals surface area (Å²) in [6.45, 7) is 14.1. The zero-order valence-corrected chi connectivity index (χ0v) is 18.7. The Balaban J connectivity index is 2.03. The Hall–Kier alpha value is -3.33. The van der Waals surface area contributed by atoms with Gasteiger partial charge in [-0.05, 0) is 42.8 Å². The number of ether oxygens (including phenoxy) is 1. The van der Waals surface area contributed by atoms with Gasteiger partial charge in [-0.15, -0.1) is 0 Å². The van der Waals surface area contributed by atoms with Crippen molar-refractivity contribution in [1.29, 1.82) is 0 Å². The van der Waals surface area contributed by atoms with Crippen molar-refractivity contribution in [2.45, 2.75) is 27.7 Å². The zero-order valence-electron chi connectivity index (χ0n) is 18.7. The van der Waals surface area contributed by atoms with Crippen molar-refractivity contribution in [3.8, 4) is 11.5 Å². The molecule has 0 unspecified atom stereocenters. The first-order valence-electron chi connectivity index (χ1n) is 11.0. The summed E-state index contributed by atoms with van der Waals surface area (Å²) in [6, 6.07) is 20.3. The van der Waals surface area contributed by atoms with E-state index >= 15 is 0 Å². The van der Waals surface area contributed by atoms with E-state index in [0.717, 1.165) is 63.0 Å². The lowest BCUT2D eigenvalue weighted by atomic mass is 9.86. The number of nitrogens with zero attached hydrogens (tertiary/aromatic N) is 1. The van der Waals surface area contributed by atoms with Gasteiger partial charge in [-0.1, -0.05) is 56.8 Å². The monoisotopic (exact) mass is 411 g/mol. The van der Waals surface area contributed by atoms with Gasteiger partial charge in [0.25, 0.3) is 0 Å². The molecule has 3 nitrogen and oxygen atoms in total. The fourth-order valence-corrected chi connectivity index (χ4v) is 4.23. The van der Waals surface area contributed by atoms with Gasteiger partial charge in [-0.2, -0.15) is 0 Å². The maximum atomic E-state index is 13.0. The minimum absolute atomic E-state index is 0.0761. The first kappa shape index (κ1) is 20.9. The van der Waals surface area contributed by atoms with Crippen LogP contribution in [0.2, 0.25) is 0 Å². The van der Waals surface area contributed by atoms with Crippen molar-refractivity contribution in [1.82, 2.24) is 0 Å². The highest BCUT2D eigenvalue weighted by molar-refractivity contribution is 6.04. The summed E-state index contributed by atoms with van der Waals surface area (Å²) in [7, 11) is 0. The molecule has 0 N–H and O–H groups in total. The van der Waals surface area contributed by atoms with Crippen LogP contribution in [0.5, 0.6) is 11.5 Å². The average molecular weight is 412 g/mol. The van der Waals surface area contributed by atoms with Crippen LogP contribution in [0.1, 0.15) is 49.2 Å². The van der Waals surface area contributed by atoms with Crippen LogP contribution in [0, 0.1) is 5.92 Å². The largest absolute Gasteiger partial charge is 0.456 e. The highest BCUT2D eigenvalue weighted by Crippen LogP contribution is 2.39. The van der Waals surface area contributed by atoms with Gasteiger partial charge < -0.3 is 9.64 Å². The molecular formula is C28H29NO2. The van der Waals surface area contributed by atoms with Crippen LogP contribution < -0.4 is 20.1 Å². The highest BCUT2D eigenvalue weighted by Gasteiger charge is 2.25. The van der Waals surface area contributed by atoms with Gasteiger partial charge in [0.05, 0.1) is 0 Å². The van der Waals surface area contributed by atoms with E-state index in [2.05, 4.69) is 43.5 Å². The van der Waals surface area contributed by atoms with Crippen molar-refractivity contribution in [2.75, 3.05) is 18.0 Å². The molecular weight excluding hydrogens is 382 g/mol. The molecule has 3 aromatic rings. The van der Waals surface area contributed by atoms with Crippen molar-refractivity contribution in [3.63, 3.8) is 0 Å². The van der Waals surface area contributed by atoms with Gasteiger partial charge in [0.15, 0.2) is 5.78 Å². The molecule has 0 aliphatic carbocycles. The summed E-state index contributed by atoms with van der Waals surface area (Å²) in [4.78, 5) is 15.3. The second kappa shape index (κ2) is 8.43. The number of fused-ring (bicyclic) bond motifs is 2. The summed E-state index contributed by atoms with van der Waals surface area (Å²) in [5, 5.41) is 1.88. The smallest absolute Gasteiger partial charge is 0.166 e. The fraction of sp³-hybridized carbons (Fsp3) is 0.250. The third-order valence-electron chi connectivity index (χ3n) is 5.88. The maximum Gasteiger partial charge on any atom is 0.166 e. The topological polar surface area (TPSA) is 29.5 Å². The molecule has 0 radical (unpaired) electrons. The Morgan fingerprint density at radius 3 is 2.39 bits per heavy atom. The normalized spacial score (nSPS) is 12.2. The lowest BCUT2D eigenvalue weighted by Gasteiger charge is -2.26. The molecule has 1 aliphatic heterocycles. The molecule has 0 aromatic heterocycles. The summed E-state index contributed by atoms with van der Waals surface area (Å²) in [6.07, 6.45) is 0. The number of Topliss-reactive ketones (excluding diaryl/α,β-unsaturated/α-hetero) is 1. The van der Waals surface area contributed by atoms with E-state index in [-0.39, 0.29) is 11.7 Å². The van der Waals surface area contributed by atoms with Crippen LogP contribution in [0.3, 0.4) is 0 Å². The second-order valence-corrected chi connectivity index (χ2v) is 8.22. The molecule has 3 aromatic carbocycles. The molecule has 158 valence electrons. The Labute approximate surface area is 184 Å². The number of benzene rings is 3. The van der Waals surface area contributed by atoms with Gasteiger partial charge in [0.1, 0.15) is 11.5 Å². The summed E-state index contributed by atoms with van der Waals surface area (Å²) < 4.78 is 6.37. The van der Waals surface area contributed by atoms with Gasteiger partial charge in [0.2, 0.25) is 0 Å². The van der Waals surface area contributed by atoms with Crippen LogP contribution in [-0.4, -0.2) is 18.9 Å². The second-order valence-electron chi connectivity index (χ2n) is 8.22. The molecule has 0 spiro atoms. The van der Waals surface area contributed by atoms with E-state index in [4.69, 9.17) is 4.74 Å². The summed E-state index contributed by atoms with van der Waals surface area (Å²) >= 11 is 0. The minimum atomic E-state index is -0.0761. The average Bonchev–Trinajstić information content (AvgIpc) is 2.77. The molecule has 1 aliphatic rings. The van der Waals surface area contributed by atoms with Gasteiger partial charge in [-0.25, -0.2) is 0 Å². The Morgan fingerprint density at radius 2 is 1.68 bits per heavy atom. The quantitative estimate of drug-likeness (QED) is 0.412. The van der Waals surface area contributed by atoms with Crippen molar-refractivity contribution < 1.29 is 9.53 Å². The van der Waals surface area contributed by atoms with Gasteiger partial charge in [0, 0.05) is 52.7 Å². The molecule has 31 heavy (non-hydrogen) atoms. The first-order valence-corrected chi connectivity index (χ1v) is 11.0. The van der Waals surface area contributed by atoms with E-state index in [9.17, 15) is 4.79 Å². The molecule has 0 saturated heterocycles. The maximum absolute atomic E-state index is 13.0. The van der Waals surface area contributed by atoms with E-state index in [1.165, 1.54) is 0 Å². The number of ketones is 1. The third kappa shape index (κ3) is 3.76. The minimum Gasteiger partial charge on any atom is -0.456 e. The van der Waals surface area contributed by atoms with Crippen molar-refractivity contribution >= 4 is 23.6 Å². The lowest BCUT2D eigenvalue weighted by molar-refractivity contribution is 0.0939. The van der Waals surface area contributed by atoms with Gasteiger partial charge >= 0.3 is 0 Å². The third-order valence-corrected chi connectivity index (χ3v) is 5.88. The fourth-order valence-electron chi connectivity index (χ4n) is 4.23. The van der Waals surface area contributed by atoms with Crippen LogP contribution in [0.4, 0.5) is 5.69 Å². The Bertz CT molecular complexity index is 1250. The molecule has 0 amide bonds. The Morgan fingerprint density at radius 1 is 0.935 bits per heavy atom. The molecule has 1 heterocycles. The van der Waals surface area contributed by atoms with Crippen LogP contribution in [-0.2, 0) is 0 Å². The Kier molecular flexibility index (Phi) is 5.69. The van der Waals surface area contributed by atoms with Crippen LogP contribution in [0.25, 0.3) is 12.2 Å². The molecule has 3 heteroatoms. The number of hydrogen-bond acceptors (Lipinski definition) is 3. The van der Waals surface area contributed by atoms with E-state index < -0.39 is 0 Å². The highest BCUT2D eigenvalue weighted by atomic mass is 16.5. The number of carbonyl (C=O) groups excluding carboxylic acids is 1. The van der Waals surface area contributed by atoms with Crippen LogP contribution in [0.15, 0.2) is 60.7 Å². The van der Waals surface area contributed by atoms with E-state index in [1.54, 1.807) is 0 Å². The summed E-state index contributed by atoms with van der Waals surface area (Å²) in [5.74, 6) is 1.65. The SMILES string of the molecule is C=c1ccc2c(c1)Oc1cc(N(CC)CC)ccc1C=2c1ccccc1C(=O)C(C)C. The predicted molar refractivity (Wildman–Crippen MR) is 129 cm³/mol. The molecule has 0 atom stereocenters. The predicted octanol–water partition coefficient (Wildman–Crippen LogP) is 5.13. The molecule has 4 rings (SSSR count). The van der Waals surface area contributed by atoms with E-state index in [1.807, 2.05) is 56.3 Å². The summed E-state index contributed by atoms with van der Waals surface area (Å²) in [5.41, 5.74) is 4.86. The van der Waals surface area contributed by atoms with Crippen LogP contribution >= 0.6 is 0 Å². The molecule has 0 fully saturated rings. The van der Waals surface area contributed by atoms with E-state index in [0.29, 0.717) is 0 Å². The standard InChI is InChI=1S/C28H29NO2/c1-6-29(7-2)20-13-15-24-26(17-20)31-25-16-19(5)12-14-23(25)27(24)21-10-8-9-11-22(21)28(30)18(3)4/h8-18H,5-7H2,1-4H3. The van der Waals surface area contributed by atoms with Gasteiger partial charge in [-0.3, -0.25) is 4.79 Å². The zero-order chi connectivity index (χ0) is 22.1. The number of hydrogen-bond donors (Lipinski definition) is 0. The number of rotatable bonds is 6. The van der Waals surface area contributed by atoms with Crippen molar-refractivity contribution in [2.24, 2.45) is 5.92 Å².